The van der Waals surface area contributed by atoms with Crippen molar-refractivity contribution >= 4 is 17.4 Å². The molecular formula is C13H20ClN3. The third kappa shape index (κ3) is 2.71. The second kappa shape index (κ2) is 4.81. The highest BCUT2D eigenvalue weighted by Crippen LogP contribution is 2.48. The van der Waals surface area contributed by atoms with Crippen molar-refractivity contribution in [1.82, 2.24) is 9.97 Å². The molecule has 0 spiro atoms. The molecular weight excluding hydrogens is 234 g/mol. The monoisotopic (exact) mass is 253 g/mol. The zero-order chi connectivity index (χ0) is 12.5. The van der Waals surface area contributed by atoms with Crippen molar-refractivity contribution in [2.45, 2.75) is 46.0 Å². The minimum atomic E-state index is 0.336. The van der Waals surface area contributed by atoms with Crippen LogP contribution in [-0.4, -0.2) is 16.5 Å². The Hall–Kier alpha value is -0.830. The molecule has 0 saturated heterocycles. The molecule has 1 aromatic heterocycles. The molecule has 0 radical (unpaired) electrons. The predicted octanol–water partition coefficient (Wildman–Crippen LogP) is 3.86. The third-order valence-corrected chi connectivity index (χ3v) is 4.05. The van der Waals surface area contributed by atoms with Crippen LogP contribution in [0, 0.1) is 5.41 Å². The molecule has 94 valence electrons. The van der Waals surface area contributed by atoms with E-state index in [4.69, 9.17) is 11.6 Å². The maximum absolute atomic E-state index is 6.13. The van der Waals surface area contributed by atoms with Crippen LogP contribution >= 0.6 is 11.6 Å². The molecule has 1 saturated carbocycles. The molecule has 2 rings (SSSR count). The molecule has 0 atom stereocenters. The van der Waals surface area contributed by atoms with E-state index in [2.05, 4.69) is 36.1 Å². The summed E-state index contributed by atoms with van der Waals surface area (Å²) in [6.07, 6.45) is 5.41. The number of hydrogen-bond donors (Lipinski definition) is 1. The Balaban J connectivity index is 2.12. The highest BCUT2D eigenvalue weighted by Gasteiger charge is 2.40. The van der Waals surface area contributed by atoms with Gasteiger partial charge in [0.25, 0.3) is 0 Å². The van der Waals surface area contributed by atoms with Crippen LogP contribution < -0.4 is 5.32 Å². The normalized spacial score (nSPS) is 17.2. The van der Waals surface area contributed by atoms with Gasteiger partial charge in [-0.25, -0.2) is 9.97 Å². The first-order valence-electron chi connectivity index (χ1n) is 6.32. The van der Waals surface area contributed by atoms with Crippen molar-refractivity contribution in [3.05, 3.63) is 17.0 Å². The van der Waals surface area contributed by atoms with Crippen molar-refractivity contribution in [3.8, 4) is 0 Å². The van der Waals surface area contributed by atoms with Gasteiger partial charge in [-0.1, -0.05) is 32.4 Å². The summed E-state index contributed by atoms with van der Waals surface area (Å²) in [4.78, 5) is 8.37. The molecule has 3 nitrogen and oxygen atoms in total. The van der Waals surface area contributed by atoms with Gasteiger partial charge in [0, 0.05) is 12.1 Å². The van der Waals surface area contributed by atoms with Crippen molar-refractivity contribution in [2.75, 3.05) is 11.9 Å². The van der Waals surface area contributed by atoms with E-state index in [0.29, 0.717) is 16.5 Å². The fourth-order valence-electron chi connectivity index (χ4n) is 2.13. The van der Waals surface area contributed by atoms with E-state index in [1.807, 2.05) is 0 Å². The first-order chi connectivity index (χ1) is 8.08. The minimum Gasteiger partial charge on any atom is -0.369 e. The van der Waals surface area contributed by atoms with E-state index in [-0.39, 0.29) is 0 Å². The fourth-order valence-corrected chi connectivity index (χ4v) is 2.48. The lowest BCUT2D eigenvalue weighted by atomic mass is 10.0. The number of nitrogens with zero attached hydrogens (tertiary/aromatic N) is 2. The van der Waals surface area contributed by atoms with E-state index in [0.717, 1.165) is 17.9 Å². The van der Waals surface area contributed by atoms with Crippen LogP contribution in [0.15, 0.2) is 6.33 Å². The largest absolute Gasteiger partial charge is 0.369 e. The highest BCUT2D eigenvalue weighted by molar-refractivity contribution is 6.30. The number of rotatable bonds is 5. The van der Waals surface area contributed by atoms with Gasteiger partial charge in [0.05, 0.1) is 0 Å². The summed E-state index contributed by atoms with van der Waals surface area (Å²) in [5, 5.41) is 4.02. The SMILES string of the molecule is CCC1(CNc2ncnc(Cl)c2C(C)C)CC1. The number of nitrogens with one attached hydrogen (secondary N) is 1. The summed E-state index contributed by atoms with van der Waals surface area (Å²) >= 11 is 6.13. The summed E-state index contributed by atoms with van der Waals surface area (Å²) < 4.78 is 0. The van der Waals surface area contributed by atoms with Gasteiger partial charge in [-0.05, 0) is 30.6 Å². The maximum atomic E-state index is 6.13. The summed E-state index contributed by atoms with van der Waals surface area (Å²) in [5.74, 6) is 1.24. The zero-order valence-electron chi connectivity index (χ0n) is 10.8. The van der Waals surface area contributed by atoms with Crippen molar-refractivity contribution < 1.29 is 0 Å². The van der Waals surface area contributed by atoms with E-state index >= 15 is 0 Å². The molecule has 0 aromatic carbocycles. The number of halogens is 1. The first kappa shape index (κ1) is 12.6. The molecule has 1 N–H and O–H groups in total. The Morgan fingerprint density at radius 3 is 2.65 bits per heavy atom. The van der Waals surface area contributed by atoms with E-state index in [9.17, 15) is 0 Å². The fraction of sp³-hybridized carbons (Fsp3) is 0.692. The number of anilines is 1. The molecule has 1 aliphatic rings. The van der Waals surface area contributed by atoms with Gasteiger partial charge in [0.2, 0.25) is 0 Å². The molecule has 1 heterocycles. The molecule has 0 bridgehead atoms. The van der Waals surface area contributed by atoms with Crippen LogP contribution in [-0.2, 0) is 0 Å². The van der Waals surface area contributed by atoms with Gasteiger partial charge in [0.15, 0.2) is 0 Å². The molecule has 4 heteroatoms. The lowest BCUT2D eigenvalue weighted by molar-refractivity contribution is 0.520. The highest BCUT2D eigenvalue weighted by atomic mass is 35.5. The Kier molecular flexibility index (Phi) is 3.57. The van der Waals surface area contributed by atoms with Crippen LogP contribution in [0.5, 0.6) is 0 Å². The van der Waals surface area contributed by atoms with E-state index in [1.165, 1.54) is 25.6 Å². The van der Waals surface area contributed by atoms with Crippen LogP contribution in [0.2, 0.25) is 5.15 Å². The molecule has 17 heavy (non-hydrogen) atoms. The Labute approximate surface area is 108 Å². The van der Waals surface area contributed by atoms with Crippen LogP contribution in [0.25, 0.3) is 0 Å². The maximum Gasteiger partial charge on any atom is 0.138 e. The average molecular weight is 254 g/mol. The van der Waals surface area contributed by atoms with Gasteiger partial charge >= 0.3 is 0 Å². The average Bonchev–Trinajstić information content (AvgIpc) is 3.06. The van der Waals surface area contributed by atoms with Gasteiger partial charge in [0.1, 0.15) is 17.3 Å². The molecule has 1 aromatic rings. The zero-order valence-corrected chi connectivity index (χ0v) is 11.5. The van der Waals surface area contributed by atoms with Crippen molar-refractivity contribution in [2.24, 2.45) is 5.41 Å². The van der Waals surface area contributed by atoms with Gasteiger partial charge in [-0.2, -0.15) is 0 Å². The van der Waals surface area contributed by atoms with Gasteiger partial charge < -0.3 is 5.32 Å². The second-order valence-corrected chi connectivity index (χ2v) is 5.65. The lowest BCUT2D eigenvalue weighted by Gasteiger charge is -2.18. The predicted molar refractivity (Wildman–Crippen MR) is 71.6 cm³/mol. The smallest absolute Gasteiger partial charge is 0.138 e. The van der Waals surface area contributed by atoms with Crippen molar-refractivity contribution in [3.63, 3.8) is 0 Å². The molecule has 0 unspecified atom stereocenters. The molecule has 0 aliphatic heterocycles. The third-order valence-electron chi connectivity index (χ3n) is 3.75. The Bertz CT molecular complexity index is 400. The molecule has 1 fully saturated rings. The number of hydrogen-bond acceptors (Lipinski definition) is 3. The molecule has 0 amide bonds. The Morgan fingerprint density at radius 1 is 1.41 bits per heavy atom. The van der Waals surface area contributed by atoms with Crippen molar-refractivity contribution in [1.29, 1.82) is 0 Å². The standard InChI is InChI=1S/C13H20ClN3/c1-4-13(5-6-13)7-15-12-10(9(2)3)11(14)16-8-17-12/h8-9H,4-7H2,1-3H3,(H,15,16,17). The van der Waals surface area contributed by atoms with Gasteiger partial charge in [-0.15, -0.1) is 0 Å². The quantitative estimate of drug-likeness (QED) is 0.810. The topological polar surface area (TPSA) is 37.8 Å². The summed E-state index contributed by atoms with van der Waals surface area (Å²) in [5.41, 5.74) is 1.53. The van der Waals surface area contributed by atoms with Gasteiger partial charge in [-0.3, -0.25) is 0 Å². The van der Waals surface area contributed by atoms with E-state index in [1.54, 1.807) is 0 Å². The van der Waals surface area contributed by atoms with E-state index < -0.39 is 0 Å². The second-order valence-electron chi connectivity index (χ2n) is 5.29. The van der Waals surface area contributed by atoms with Crippen LogP contribution in [0.1, 0.15) is 51.5 Å². The number of aromatic nitrogens is 2. The summed E-state index contributed by atoms with van der Waals surface area (Å²) in [6, 6.07) is 0. The molecule has 1 aliphatic carbocycles. The lowest BCUT2D eigenvalue weighted by Crippen LogP contribution is -2.17. The van der Waals surface area contributed by atoms with Crippen LogP contribution in [0.3, 0.4) is 0 Å². The van der Waals surface area contributed by atoms with Crippen LogP contribution in [0.4, 0.5) is 5.82 Å². The summed E-state index contributed by atoms with van der Waals surface area (Å²) in [6.45, 7) is 7.48. The first-order valence-corrected chi connectivity index (χ1v) is 6.70. The summed E-state index contributed by atoms with van der Waals surface area (Å²) in [7, 11) is 0. The minimum absolute atomic E-state index is 0.336. The Morgan fingerprint density at radius 2 is 2.12 bits per heavy atom.